The Morgan fingerprint density at radius 2 is 0.398 bits per heavy atom. The van der Waals surface area contributed by atoms with Gasteiger partial charge >= 0.3 is 0 Å². The van der Waals surface area contributed by atoms with Gasteiger partial charge in [-0.1, -0.05) is 414 Å². The van der Waals surface area contributed by atoms with E-state index in [1.165, 1.54) is 318 Å². The van der Waals surface area contributed by atoms with Crippen LogP contribution in [0.5, 0.6) is 34.5 Å². The first kappa shape index (κ1) is 110. The third-order valence-corrected chi connectivity index (χ3v) is 26.3. The molecule has 6 rings (SSSR count). The second kappa shape index (κ2) is 72.7. The summed E-state index contributed by atoms with van der Waals surface area (Å²) in [5.41, 5.74) is 2.18. The first-order valence-corrected chi connectivity index (χ1v) is 54.0. The Morgan fingerprint density at radius 1 is 0.227 bits per heavy atom. The number of rotatable bonds is 88. The monoisotopic (exact) mass is 1780 g/mol. The van der Waals surface area contributed by atoms with Crippen LogP contribution in [0.4, 0.5) is 0 Å². The third kappa shape index (κ3) is 44.6. The number of imide groups is 2. The molecule has 0 spiro atoms. The zero-order valence-corrected chi connectivity index (χ0v) is 82.6. The number of carbonyl (C=O) groups is 6. The zero-order valence-electron chi connectivity index (χ0n) is 82.6. The predicted octanol–water partition coefficient (Wildman–Crippen LogP) is 31.8. The van der Waals surface area contributed by atoms with Gasteiger partial charge < -0.3 is 39.1 Å². The van der Waals surface area contributed by atoms with Gasteiger partial charge in [0, 0.05) is 70.3 Å². The van der Waals surface area contributed by atoms with E-state index in [4.69, 9.17) is 28.4 Å². The van der Waals surface area contributed by atoms with E-state index in [1.54, 1.807) is 24.3 Å². The highest BCUT2D eigenvalue weighted by atomic mass is 16.5. The van der Waals surface area contributed by atoms with Gasteiger partial charge in [0.15, 0.2) is 23.0 Å². The fraction of sp³-hybridized carbons (Fsp3) is 0.750. The summed E-state index contributed by atoms with van der Waals surface area (Å²) in [6, 6.07) is 13.9. The molecule has 0 aromatic heterocycles. The Bertz CT molecular complexity index is 3220. The molecule has 128 heavy (non-hydrogen) atoms. The molecule has 0 unspecified atom stereocenters. The maximum absolute atomic E-state index is 14.4. The quantitative estimate of drug-likeness (QED) is 0.0315. The summed E-state index contributed by atoms with van der Waals surface area (Å²) in [5, 5.41) is 7.08. The molecule has 16 nitrogen and oxygen atoms in total. The summed E-state index contributed by atoms with van der Waals surface area (Å²) in [7, 11) is 0. The Kier molecular flexibility index (Phi) is 62.5. The molecule has 4 aromatic rings. The van der Waals surface area contributed by atoms with Crippen LogP contribution >= 0.6 is 0 Å². The van der Waals surface area contributed by atoms with Crippen molar-refractivity contribution >= 4 is 46.2 Å². The Balaban J connectivity index is 1.01. The minimum Gasteiger partial charge on any atom is -0.490 e. The maximum atomic E-state index is 14.4. The Hall–Kier alpha value is -6.84. The van der Waals surface area contributed by atoms with E-state index in [-0.39, 0.29) is 24.9 Å². The Labute approximate surface area is 779 Å². The van der Waals surface area contributed by atoms with Crippen molar-refractivity contribution in [1.82, 2.24) is 20.4 Å². The SMILES string of the molecule is CCCCCCCCCCCCOc1cc(C(=O)NCCCCCCN2C(=O)c3ccc4c5c(ccc(c35)C2=O)C(=O)N(CCCCCCNC(=O)c2cc(OCCCCCCCCCCCC)c(OCCCCCCCCCCCC)c(OCCCCCCCCCCCC)c2)C4=O)cc(OCCCCCCCCCCCC)c1OCCCCCCCCCCCC. The number of carbonyl (C=O) groups excluding carboxylic acids is 6. The first-order chi connectivity index (χ1) is 63.0. The van der Waals surface area contributed by atoms with Crippen molar-refractivity contribution < 1.29 is 57.2 Å². The summed E-state index contributed by atoms with van der Waals surface area (Å²) >= 11 is 0. The smallest absolute Gasteiger partial charge is 0.261 e. The number of nitrogens with one attached hydrogen (secondary N) is 2. The fourth-order valence-corrected chi connectivity index (χ4v) is 18.2. The number of hydrogen-bond donors (Lipinski definition) is 2. The van der Waals surface area contributed by atoms with Crippen molar-refractivity contribution in [2.75, 3.05) is 65.8 Å². The van der Waals surface area contributed by atoms with Gasteiger partial charge in [-0.3, -0.25) is 38.6 Å². The van der Waals surface area contributed by atoms with E-state index in [0.717, 1.165) is 103 Å². The molecule has 724 valence electrons. The van der Waals surface area contributed by atoms with Crippen molar-refractivity contribution in [1.29, 1.82) is 0 Å². The van der Waals surface area contributed by atoms with Crippen LogP contribution in [0.1, 0.15) is 540 Å². The van der Waals surface area contributed by atoms with Gasteiger partial charge in [-0.25, -0.2) is 0 Å². The van der Waals surface area contributed by atoms with E-state index in [1.807, 2.05) is 24.3 Å². The maximum Gasteiger partial charge on any atom is 0.261 e. The average molecular weight is 1780 g/mol. The standard InChI is InChI=1S/C112H184N4O12/c1-7-13-19-25-31-37-43-49-59-69-83-123-99-89-93(90-100(124-84-70-60-50-44-38-32-26-20-14-8-2)105(99)127-87-73-63-53-47-41-35-29-23-17-11-5)107(117)113-79-65-55-57-67-81-115-109(119)95-75-77-97-104-98(78-76-96(103(95)104)110(115)120)112(122)116(111(97)121)82-68-58-56-66-80-114-108(118)94-91-101(125-85-71-61-51-45-39-33-27-21-15-9-3)106(128-88-74-64-54-48-42-36-30-24-18-12-6)102(92-94)126-86-72-62-52-46-40-34-28-22-16-10-4/h75-78,89-92H,7-74,79-88H2,1-6H3,(H,113,117)(H,114,118). The van der Waals surface area contributed by atoms with Gasteiger partial charge in [-0.2, -0.15) is 0 Å². The predicted molar refractivity (Wildman–Crippen MR) is 533 cm³/mol. The summed E-state index contributed by atoms with van der Waals surface area (Å²) in [6.07, 6.45) is 79.5. The second-order valence-corrected chi connectivity index (χ2v) is 37.7. The van der Waals surface area contributed by atoms with Crippen molar-refractivity contribution in [2.45, 2.75) is 478 Å². The summed E-state index contributed by atoms with van der Waals surface area (Å²) in [4.78, 5) is 88.5. The molecule has 0 saturated carbocycles. The van der Waals surface area contributed by atoms with Crippen molar-refractivity contribution in [3.63, 3.8) is 0 Å². The molecule has 2 N–H and O–H groups in total. The molecule has 0 saturated heterocycles. The van der Waals surface area contributed by atoms with Crippen LogP contribution < -0.4 is 39.1 Å². The molecule has 2 aliphatic rings. The van der Waals surface area contributed by atoms with Crippen molar-refractivity contribution in [3.05, 3.63) is 81.9 Å². The van der Waals surface area contributed by atoms with Gasteiger partial charge in [0.2, 0.25) is 11.5 Å². The van der Waals surface area contributed by atoms with Crippen LogP contribution in [-0.2, 0) is 0 Å². The number of unbranched alkanes of at least 4 members (excludes halogenated alkanes) is 60. The van der Waals surface area contributed by atoms with Crippen LogP contribution in [-0.4, -0.2) is 111 Å². The van der Waals surface area contributed by atoms with Crippen LogP contribution in [0, 0.1) is 0 Å². The minimum atomic E-state index is -0.439. The highest BCUT2D eigenvalue weighted by molar-refractivity contribution is 6.33. The van der Waals surface area contributed by atoms with Gasteiger partial charge in [0.05, 0.1) is 39.6 Å². The van der Waals surface area contributed by atoms with Crippen LogP contribution in [0.3, 0.4) is 0 Å². The molecule has 0 fully saturated rings. The van der Waals surface area contributed by atoms with Gasteiger partial charge in [-0.05, 0) is 113 Å². The van der Waals surface area contributed by atoms with E-state index < -0.39 is 23.6 Å². The molecule has 0 atom stereocenters. The summed E-state index contributed by atoms with van der Waals surface area (Å²) in [5.74, 6) is 1.29. The lowest BCUT2D eigenvalue weighted by atomic mass is 9.86. The first-order valence-electron chi connectivity index (χ1n) is 54.0. The van der Waals surface area contributed by atoms with Crippen LogP contribution in [0.25, 0.3) is 10.8 Å². The fourth-order valence-electron chi connectivity index (χ4n) is 18.2. The molecule has 4 aromatic carbocycles. The van der Waals surface area contributed by atoms with E-state index in [0.29, 0.717) is 157 Å². The molecule has 0 radical (unpaired) electrons. The highest BCUT2D eigenvalue weighted by Crippen LogP contribution is 2.43. The van der Waals surface area contributed by atoms with E-state index >= 15 is 0 Å². The average Bonchev–Trinajstić information content (AvgIpc) is 0.712. The van der Waals surface area contributed by atoms with E-state index in [9.17, 15) is 28.8 Å². The Morgan fingerprint density at radius 3 is 0.602 bits per heavy atom. The van der Waals surface area contributed by atoms with Crippen LogP contribution in [0.2, 0.25) is 0 Å². The molecule has 16 heteroatoms. The number of nitrogens with zero attached hydrogens (tertiary/aromatic N) is 2. The lowest BCUT2D eigenvalue weighted by molar-refractivity contribution is 0.0586. The highest BCUT2D eigenvalue weighted by Gasteiger charge is 2.40. The lowest BCUT2D eigenvalue weighted by Gasteiger charge is -2.32. The normalized spacial score (nSPS) is 12.5. The van der Waals surface area contributed by atoms with Gasteiger partial charge in [0.25, 0.3) is 35.4 Å². The number of hydrogen-bond acceptors (Lipinski definition) is 12. The molecular weight excluding hydrogens is 1590 g/mol. The molecule has 6 amide bonds. The molecule has 0 aliphatic carbocycles. The number of amides is 6. The summed E-state index contributed by atoms with van der Waals surface area (Å²) < 4.78 is 39.7. The number of ether oxygens (including phenoxy) is 6. The topological polar surface area (TPSA) is 188 Å². The second-order valence-electron chi connectivity index (χ2n) is 37.7. The van der Waals surface area contributed by atoms with Gasteiger partial charge in [-0.15, -0.1) is 0 Å². The largest absolute Gasteiger partial charge is 0.490 e. The van der Waals surface area contributed by atoms with Gasteiger partial charge in [0.1, 0.15) is 0 Å². The van der Waals surface area contributed by atoms with Crippen LogP contribution in [0.15, 0.2) is 48.5 Å². The third-order valence-electron chi connectivity index (χ3n) is 26.3. The molecule has 2 aliphatic heterocycles. The van der Waals surface area contributed by atoms with Crippen molar-refractivity contribution in [2.24, 2.45) is 0 Å². The van der Waals surface area contributed by atoms with E-state index in [2.05, 4.69) is 52.2 Å². The molecular formula is C112H184N4O12. The lowest BCUT2D eigenvalue weighted by Crippen LogP contribution is -2.43. The molecule has 0 bridgehead atoms. The van der Waals surface area contributed by atoms with Crippen molar-refractivity contribution in [3.8, 4) is 34.5 Å². The zero-order chi connectivity index (χ0) is 91.2. The summed E-state index contributed by atoms with van der Waals surface area (Å²) in [6.45, 7) is 18.2. The minimum absolute atomic E-state index is 0.202. The molecule has 2 heterocycles. The number of benzene rings is 4.